The first kappa shape index (κ1) is 15.9. The fourth-order valence-corrected chi connectivity index (χ4v) is 3.89. The molecule has 16 heavy (non-hydrogen) atoms. The van der Waals surface area contributed by atoms with Crippen molar-refractivity contribution < 1.29 is 26.4 Å². The summed E-state index contributed by atoms with van der Waals surface area (Å²) in [5, 5.41) is 0. The third-order valence-corrected chi connectivity index (χ3v) is 4.86. The number of halogens is 3. The van der Waals surface area contributed by atoms with E-state index in [2.05, 4.69) is 0 Å². The molecule has 0 rings (SSSR count). The number of alkyl halides is 3. The minimum atomic E-state index is -4.20. The fraction of sp³-hybridized carbons (Fsp3) is 1.00. The van der Waals surface area contributed by atoms with Crippen LogP contribution < -0.4 is 0 Å². The Morgan fingerprint density at radius 3 is 1.50 bits per heavy atom. The van der Waals surface area contributed by atoms with E-state index in [0.717, 1.165) is 0 Å². The fourth-order valence-electron chi connectivity index (χ4n) is 1.30. The van der Waals surface area contributed by atoms with Gasteiger partial charge in [0, 0.05) is 32.3 Å². The third kappa shape index (κ3) is 6.47. The van der Waals surface area contributed by atoms with Crippen LogP contribution in [0.3, 0.4) is 0 Å². The van der Waals surface area contributed by atoms with Crippen LogP contribution in [0.2, 0.25) is 6.04 Å². The van der Waals surface area contributed by atoms with Crippen molar-refractivity contribution in [2.24, 2.45) is 0 Å². The molecule has 0 aromatic heterocycles. The molecule has 0 fully saturated rings. The summed E-state index contributed by atoms with van der Waals surface area (Å²) < 4.78 is 52.4. The maximum Gasteiger partial charge on any atom is 0.501 e. The summed E-state index contributed by atoms with van der Waals surface area (Å²) in [5.41, 5.74) is 0. The molecule has 0 aromatic rings. The van der Waals surface area contributed by atoms with Crippen LogP contribution in [0, 0.1) is 0 Å². The Bertz CT molecular complexity index is 170. The van der Waals surface area contributed by atoms with Gasteiger partial charge in [0.15, 0.2) is 0 Å². The summed E-state index contributed by atoms with van der Waals surface area (Å²) in [6, 6.07) is -0.216. The van der Waals surface area contributed by atoms with Crippen molar-refractivity contribution in [3.05, 3.63) is 0 Å². The van der Waals surface area contributed by atoms with Crippen molar-refractivity contribution in [2.75, 3.05) is 19.8 Å². The molecule has 0 radical (unpaired) electrons. The smallest absolute Gasteiger partial charge is 0.374 e. The van der Waals surface area contributed by atoms with Gasteiger partial charge in [-0.1, -0.05) is 0 Å². The van der Waals surface area contributed by atoms with Crippen LogP contribution in [0.5, 0.6) is 0 Å². The van der Waals surface area contributed by atoms with E-state index in [-0.39, 0.29) is 6.04 Å². The normalized spacial score (nSPS) is 13.1. The van der Waals surface area contributed by atoms with Gasteiger partial charge in [-0.2, -0.15) is 13.2 Å². The van der Waals surface area contributed by atoms with Crippen LogP contribution in [-0.4, -0.2) is 34.8 Å². The number of hydrogen-bond donors (Lipinski definition) is 0. The maximum absolute atomic E-state index is 12.2. The summed E-state index contributed by atoms with van der Waals surface area (Å²) in [6.45, 7) is 6.03. The van der Waals surface area contributed by atoms with Crippen molar-refractivity contribution >= 4 is 8.80 Å². The molecule has 7 heteroatoms. The van der Waals surface area contributed by atoms with Gasteiger partial charge in [-0.3, -0.25) is 0 Å². The molecule has 0 atom stereocenters. The predicted molar refractivity (Wildman–Crippen MR) is 56.1 cm³/mol. The molecular formula is C9H19F3O3Si. The molecule has 0 heterocycles. The van der Waals surface area contributed by atoms with Gasteiger partial charge in [-0.05, 0) is 20.8 Å². The van der Waals surface area contributed by atoms with Crippen LogP contribution in [0.1, 0.15) is 27.2 Å². The van der Waals surface area contributed by atoms with E-state index in [9.17, 15) is 13.2 Å². The highest BCUT2D eigenvalue weighted by Crippen LogP contribution is 2.27. The lowest BCUT2D eigenvalue weighted by molar-refractivity contribution is -0.133. The second-order valence-electron chi connectivity index (χ2n) is 3.10. The maximum atomic E-state index is 12.2. The molecule has 0 bridgehead atoms. The van der Waals surface area contributed by atoms with E-state index >= 15 is 0 Å². The molecule has 0 amide bonds. The Hall–Kier alpha value is -0.113. The molecular weight excluding hydrogens is 241 g/mol. The lowest BCUT2D eigenvalue weighted by Gasteiger charge is -2.28. The first-order valence-electron chi connectivity index (χ1n) is 5.37. The molecule has 3 nitrogen and oxygen atoms in total. The molecule has 0 unspecified atom stereocenters. The molecule has 0 aliphatic carbocycles. The zero-order chi connectivity index (χ0) is 12.7. The van der Waals surface area contributed by atoms with E-state index in [4.69, 9.17) is 13.3 Å². The van der Waals surface area contributed by atoms with Gasteiger partial charge in [0.05, 0.1) is 0 Å². The molecule has 0 aliphatic heterocycles. The second kappa shape index (κ2) is 7.26. The van der Waals surface area contributed by atoms with Crippen molar-refractivity contribution in [1.82, 2.24) is 0 Å². The van der Waals surface area contributed by atoms with Crippen molar-refractivity contribution in [3.8, 4) is 0 Å². The highest BCUT2D eigenvalue weighted by atomic mass is 28.4. The van der Waals surface area contributed by atoms with Crippen LogP contribution in [0.4, 0.5) is 13.2 Å². The summed E-state index contributed by atoms with van der Waals surface area (Å²) in [5.74, 6) is 0. The minimum Gasteiger partial charge on any atom is -0.374 e. The zero-order valence-corrected chi connectivity index (χ0v) is 10.9. The van der Waals surface area contributed by atoms with Gasteiger partial charge in [0.2, 0.25) is 0 Å². The molecule has 0 saturated heterocycles. The molecule has 0 spiro atoms. The van der Waals surface area contributed by atoms with E-state index in [0.29, 0.717) is 19.8 Å². The zero-order valence-electron chi connectivity index (χ0n) is 9.89. The van der Waals surface area contributed by atoms with Crippen LogP contribution in [-0.2, 0) is 13.3 Å². The SMILES string of the molecule is CCO[Si](CCC(F)(F)F)(OCC)OCC. The van der Waals surface area contributed by atoms with Gasteiger partial charge >= 0.3 is 15.0 Å². The summed E-state index contributed by atoms with van der Waals surface area (Å²) in [4.78, 5) is 0. The highest BCUT2D eigenvalue weighted by Gasteiger charge is 2.44. The summed E-state index contributed by atoms with van der Waals surface area (Å²) >= 11 is 0. The Kier molecular flexibility index (Phi) is 7.21. The van der Waals surface area contributed by atoms with Gasteiger partial charge < -0.3 is 13.3 Å². The standard InChI is InChI=1S/C9H19F3O3Si/c1-4-13-16(14-5-2,15-6-3)8-7-9(10,11)12/h4-8H2,1-3H3. The Morgan fingerprint density at radius 2 is 1.25 bits per heavy atom. The largest absolute Gasteiger partial charge is 0.501 e. The van der Waals surface area contributed by atoms with E-state index < -0.39 is 21.4 Å². The quantitative estimate of drug-likeness (QED) is 0.628. The van der Waals surface area contributed by atoms with Crippen LogP contribution in [0.25, 0.3) is 0 Å². The Balaban J connectivity index is 4.46. The Labute approximate surface area is 95.2 Å². The van der Waals surface area contributed by atoms with E-state index in [1.807, 2.05) is 0 Å². The van der Waals surface area contributed by atoms with Crippen LogP contribution in [0.15, 0.2) is 0 Å². The second-order valence-corrected chi connectivity index (χ2v) is 5.83. The topological polar surface area (TPSA) is 27.7 Å². The molecule has 0 saturated carbocycles. The molecule has 0 N–H and O–H groups in total. The first-order valence-corrected chi connectivity index (χ1v) is 7.31. The van der Waals surface area contributed by atoms with Crippen LogP contribution >= 0.6 is 0 Å². The van der Waals surface area contributed by atoms with Gasteiger partial charge in [0.25, 0.3) is 0 Å². The van der Waals surface area contributed by atoms with Gasteiger partial charge in [-0.15, -0.1) is 0 Å². The third-order valence-electron chi connectivity index (χ3n) is 1.81. The van der Waals surface area contributed by atoms with Crippen molar-refractivity contribution in [2.45, 2.75) is 39.4 Å². The van der Waals surface area contributed by atoms with Crippen molar-refractivity contribution in [1.29, 1.82) is 0 Å². The summed E-state index contributed by atoms with van der Waals surface area (Å²) in [6.07, 6.45) is -5.14. The monoisotopic (exact) mass is 260 g/mol. The lowest BCUT2D eigenvalue weighted by Crippen LogP contribution is -2.46. The average Bonchev–Trinajstić information content (AvgIpc) is 2.15. The molecule has 98 valence electrons. The van der Waals surface area contributed by atoms with E-state index in [1.54, 1.807) is 20.8 Å². The number of hydrogen-bond acceptors (Lipinski definition) is 3. The van der Waals surface area contributed by atoms with Gasteiger partial charge in [0.1, 0.15) is 0 Å². The average molecular weight is 260 g/mol. The Morgan fingerprint density at radius 1 is 0.875 bits per heavy atom. The summed E-state index contributed by atoms with van der Waals surface area (Å²) in [7, 11) is -3.13. The molecule has 0 aliphatic rings. The first-order chi connectivity index (χ1) is 7.39. The van der Waals surface area contributed by atoms with Crippen molar-refractivity contribution in [3.63, 3.8) is 0 Å². The molecule has 0 aromatic carbocycles. The van der Waals surface area contributed by atoms with E-state index in [1.165, 1.54) is 0 Å². The predicted octanol–water partition coefficient (Wildman–Crippen LogP) is 2.99. The lowest BCUT2D eigenvalue weighted by atomic mass is 10.5. The number of rotatable bonds is 8. The van der Waals surface area contributed by atoms with Gasteiger partial charge in [-0.25, -0.2) is 0 Å². The highest BCUT2D eigenvalue weighted by molar-refractivity contribution is 6.60. The minimum absolute atomic E-state index is 0.216.